The molecule has 0 saturated carbocycles. The van der Waals surface area contributed by atoms with Gasteiger partial charge >= 0.3 is 0 Å². The Bertz CT molecular complexity index is 899. The predicted octanol–water partition coefficient (Wildman–Crippen LogP) is 4.04. The van der Waals surface area contributed by atoms with E-state index in [0.717, 1.165) is 11.3 Å². The second-order valence-electron chi connectivity index (χ2n) is 6.05. The van der Waals surface area contributed by atoms with Gasteiger partial charge in [-0.15, -0.1) is 0 Å². The summed E-state index contributed by atoms with van der Waals surface area (Å²) in [5.74, 6) is 1.21. The molecule has 3 aromatic rings. The first-order valence-corrected chi connectivity index (χ1v) is 8.58. The normalized spacial score (nSPS) is 12.0. The number of nitrogens with one attached hydrogen (secondary N) is 1. The Kier molecular flexibility index (Phi) is 5.32. The van der Waals surface area contributed by atoms with E-state index < -0.39 is 0 Å². The van der Waals surface area contributed by atoms with E-state index in [4.69, 9.17) is 20.8 Å². The standard InChI is InChI=1S/C19H20ClN3O3/c1-12(17-10-23(3)22-13(17)2)21-19(24)18-9-8-16(26-18)11-25-15-6-4-14(20)5-7-15/h4-10,12H,11H2,1-3H3,(H,21,24). The molecule has 0 radical (unpaired) electrons. The maximum absolute atomic E-state index is 12.4. The van der Waals surface area contributed by atoms with Gasteiger partial charge in [-0.1, -0.05) is 11.6 Å². The van der Waals surface area contributed by atoms with Crippen molar-refractivity contribution in [3.05, 3.63) is 70.4 Å². The van der Waals surface area contributed by atoms with Crippen LogP contribution in [0.25, 0.3) is 0 Å². The maximum atomic E-state index is 12.4. The van der Waals surface area contributed by atoms with Crippen LogP contribution in [0.5, 0.6) is 5.75 Å². The maximum Gasteiger partial charge on any atom is 0.287 e. The number of hydrogen-bond donors (Lipinski definition) is 1. The summed E-state index contributed by atoms with van der Waals surface area (Å²) in [7, 11) is 1.85. The van der Waals surface area contributed by atoms with Crippen LogP contribution in [-0.4, -0.2) is 15.7 Å². The van der Waals surface area contributed by atoms with E-state index in [1.54, 1.807) is 41.1 Å². The molecule has 3 rings (SSSR count). The summed E-state index contributed by atoms with van der Waals surface area (Å²) >= 11 is 5.84. The van der Waals surface area contributed by atoms with Crippen LogP contribution in [0.3, 0.4) is 0 Å². The van der Waals surface area contributed by atoms with Crippen LogP contribution in [0.1, 0.15) is 40.5 Å². The van der Waals surface area contributed by atoms with E-state index in [2.05, 4.69) is 10.4 Å². The van der Waals surface area contributed by atoms with Crippen molar-refractivity contribution in [2.45, 2.75) is 26.5 Å². The first-order chi connectivity index (χ1) is 12.4. The molecule has 0 bridgehead atoms. The van der Waals surface area contributed by atoms with Crippen LogP contribution in [-0.2, 0) is 13.7 Å². The molecule has 0 aliphatic carbocycles. The summed E-state index contributed by atoms with van der Waals surface area (Å²) < 4.78 is 12.9. The lowest BCUT2D eigenvalue weighted by Gasteiger charge is -2.12. The highest BCUT2D eigenvalue weighted by Crippen LogP contribution is 2.19. The highest BCUT2D eigenvalue weighted by Gasteiger charge is 2.18. The number of rotatable bonds is 6. The van der Waals surface area contributed by atoms with Crippen molar-refractivity contribution in [3.63, 3.8) is 0 Å². The lowest BCUT2D eigenvalue weighted by Crippen LogP contribution is -2.26. The first kappa shape index (κ1) is 18.1. The number of furan rings is 1. The number of carbonyl (C=O) groups is 1. The third-order valence-electron chi connectivity index (χ3n) is 3.95. The van der Waals surface area contributed by atoms with Crippen molar-refractivity contribution < 1.29 is 13.9 Å². The van der Waals surface area contributed by atoms with Gasteiger partial charge in [-0.3, -0.25) is 9.48 Å². The zero-order chi connectivity index (χ0) is 18.7. The van der Waals surface area contributed by atoms with Gasteiger partial charge in [-0.25, -0.2) is 0 Å². The molecule has 0 fully saturated rings. The zero-order valence-corrected chi connectivity index (χ0v) is 15.6. The van der Waals surface area contributed by atoms with E-state index in [1.165, 1.54) is 0 Å². The molecule has 0 spiro atoms. The summed E-state index contributed by atoms with van der Waals surface area (Å²) in [6, 6.07) is 10.2. The smallest absolute Gasteiger partial charge is 0.287 e. The van der Waals surface area contributed by atoms with E-state index in [0.29, 0.717) is 16.5 Å². The quantitative estimate of drug-likeness (QED) is 0.707. The number of ether oxygens (including phenoxy) is 1. The van der Waals surface area contributed by atoms with Crippen molar-refractivity contribution in [1.82, 2.24) is 15.1 Å². The summed E-state index contributed by atoms with van der Waals surface area (Å²) in [4.78, 5) is 12.4. The largest absolute Gasteiger partial charge is 0.486 e. The second-order valence-corrected chi connectivity index (χ2v) is 6.48. The van der Waals surface area contributed by atoms with Gasteiger partial charge in [0.1, 0.15) is 18.1 Å². The Morgan fingerprint density at radius 2 is 2.04 bits per heavy atom. The van der Waals surface area contributed by atoms with Crippen LogP contribution in [0, 0.1) is 6.92 Å². The number of carbonyl (C=O) groups excluding carboxylic acids is 1. The van der Waals surface area contributed by atoms with Crippen molar-refractivity contribution in [2.75, 3.05) is 0 Å². The molecule has 1 amide bonds. The molecular weight excluding hydrogens is 354 g/mol. The molecule has 7 heteroatoms. The number of nitrogens with zero attached hydrogens (tertiary/aromatic N) is 2. The fraction of sp³-hybridized carbons (Fsp3) is 0.263. The van der Waals surface area contributed by atoms with Gasteiger partial charge < -0.3 is 14.5 Å². The zero-order valence-electron chi connectivity index (χ0n) is 14.8. The third-order valence-corrected chi connectivity index (χ3v) is 4.20. The fourth-order valence-electron chi connectivity index (χ4n) is 2.65. The molecule has 1 aromatic carbocycles. The number of amides is 1. The van der Waals surface area contributed by atoms with E-state index in [1.807, 2.05) is 27.1 Å². The summed E-state index contributed by atoms with van der Waals surface area (Å²) in [6.45, 7) is 4.05. The second kappa shape index (κ2) is 7.66. The topological polar surface area (TPSA) is 69.3 Å². The summed E-state index contributed by atoms with van der Waals surface area (Å²) in [5.41, 5.74) is 1.86. The van der Waals surface area contributed by atoms with Crippen LogP contribution >= 0.6 is 11.6 Å². The minimum atomic E-state index is -0.279. The van der Waals surface area contributed by atoms with Crippen LogP contribution < -0.4 is 10.1 Å². The van der Waals surface area contributed by atoms with Crippen LogP contribution in [0.15, 0.2) is 47.0 Å². The van der Waals surface area contributed by atoms with Gasteiger partial charge in [0.2, 0.25) is 0 Å². The summed E-state index contributed by atoms with van der Waals surface area (Å²) in [6.07, 6.45) is 1.90. The van der Waals surface area contributed by atoms with E-state index in [-0.39, 0.29) is 24.3 Å². The SMILES string of the molecule is Cc1nn(C)cc1C(C)NC(=O)c1ccc(COc2ccc(Cl)cc2)o1. The predicted molar refractivity (Wildman–Crippen MR) is 98.3 cm³/mol. The molecule has 6 nitrogen and oxygen atoms in total. The third kappa shape index (κ3) is 4.26. The molecule has 1 atom stereocenters. The van der Waals surface area contributed by atoms with Crippen molar-refractivity contribution in [2.24, 2.45) is 7.05 Å². The molecule has 0 aliphatic heterocycles. The Morgan fingerprint density at radius 3 is 2.69 bits per heavy atom. The molecule has 1 N–H and O–H groups in total. The highest BCUT2D eigenvalue weighted by atomic mass is 35.5. The molecule has 136 valence electrons. The molecule has 1 unspecified atom stereocenters. The lowest BCUT2D eigenvalue weighted by molar-refractivity contribution is 0.0907. The molecule has 2 aromatic heterocycles. The Balaban J connectivity index is 1.59. The Morgan fingerprint density at radius 1 is 1.31 bits per heavy atom. The first-order valence-electron chi connectivity index (χ1n) is 8.20. The van der Waals surface area contributed by atoms with Gasteiger partial charge in [0, 0.05) is 23.8 Å². The van der Waals surface area contributed by atoms with Crippen LogP contribution in [0.4, 0.5) is 0 Å². The number of benzene rings is 1. The average molecular weight is 374 g/mol. The van der Waals surface area contributed by atoms with Crippen molar-refractivity contribution in [3.8, 4) is 5.75 Å². The molecule has 26 heavy (non-hydrogen) atoms. The number of hydrogen-bond acceptors (Lipinski definition) is 4. The molecule has 0 aliphatic rings. The lowest BCUT2D eigenvalue weighted by atomic mass is 10.1. The minimum absolute atomic E-state index is 0.171. The van der Waals surface area contributed by atoms with Gasteiger partial charge in [-0.2, -0.15) is 5.10 Å². The van der Waals surface area contributed by atoms with Crippen LogP contribution in [0.2, 0.25) is 5.02 Å². The van der Waals surface area contributed by atoms with Gasteiger partial charge in [0.05, 0.1) is 11.7 Å². The number of halogens is 1. The van der Waals surface area contributed by atoms with Gasteiger partial charge in [0.15, 0.2) is 5.76 Å². The minimum Gasteiger partial charge on any atom is -0.486 e. The van der Waals surface area contributed by atoms with Gasteiger partial charge in [-0.05, 0) is 50.2 Å². The monoisotopic (exact) mass is 373 g/mol. The Labute approximate surface area is 156 Å². The number of aromatic nitrogens is 2. The van der Waals surface area contributed by atoms with Gasteiger partial charge in [0.25, 0.3) is 5.91 Å². The molecule has 0 saturated heterocycles. The average Bonchev–Trinajstić information content (AvgIpc) is 3.20. The number of aryl methyl sites for hydroxylation is 2. The molecule has 2 heterocycles. The van der Waals surface area contributed by atoms with E-state index >= 15 is 0 Å². The van der Waals surface area contributed by atoms with Crippen molar-refractivity contribution in [1.29, 1.82) is 0 Å². The summed E-state index contributed by atoms with van der Waals surface area (Å²) in [5, 5.41) is 7.86. The molecular formula is C19H20ClN3O3. The van der Waals surface area contributed by atoms with E-state index in [9.17, 15) is 4.79 Å². The van der Waals surface area contributed by atoms with Crippen molar-refractivity contribution >= 4 is 17.5 Å². The highest BCUT2D eigenvalue weighted by molar-refractivity contribution is 6.30. The Hall–Kier alpha value is -2.73. The fourth-order valence-corrected chi connectivity index (χ4v) is 2.78.